The van der Waals surface area contributed by atoms with Gasteiger partial charge >= 0.3 is 0 Å². The molecule has 0 aromatic heterocycles. The van der Waals surface area contributed by atoms with Gasteiger partial charge in [-0.05, 0) is 60.7 Å². The predicted octanol–water partition coefficient (Wildman–Crippen LogP) is 7.07. The van der Waals surface area contributed by atoms with E-state index < -0.39 is 0 Å². The van der Waals surface area contributed by atoms with Gasteiger partial charge in [-0.15, -0.1) is 0 Å². The molecule has 0 aliphatic carbocycles. The van der Waals surface area contributed by atoms with Crippen molar-refractivity contribution in [3.8, 4) is 11.5 Å². The molecule has 0 fully saturated rings. The first-order valence-corrected chi connectivity index (χ1v) is 10.9. The molecule has 28 heavy (non-hydrogen) atoms. The molecule has 0 atom stereocenters. The number of benzene rings is 2. The van der Waals surface area contributed by atoms with Gasteiger partial charge in [0.25, 0.3) is 0 Å². The highest BCUT2D eigenvalue weighted by atomic mass is 16.5. The van der Waals surface area contributed by atoms with Crippen molar-refractivity contribution in [2.24, 2.45) is 5.92 Å². The lowest BCUT2D eigenvalue weighted by Crippen LogP contribution is -2.03. The van der Waals surface area contributed by atoms with Crippen LogP contribution in [0.25, 0.3) is 0 Å². The summed E-state index contributed by atoms with van der Waals surface area (Å²) in [5.41, 5.74) is 2.32. The highest BCUT2D eigenvalue weighted by Gasteiger charge is 2.00. The fourth-order valence-electron chi connectivity index (χ4n) is 2.93. The third-order valence-corrected chi connectivity index (χ3v) is 4.73. The molecular formula is C25H37NO2. The summed E-state index contributed by atoms with van der Waals surface area (Å²) in [5, 5.41) is 3.47. The van der Waals surface area contributed by atoms with Gasteiger partial charge in [-0.2, -0.15) is 0 Å². The second-order valence-corrected chi connectivity index (χ2v) is 7.82. The van der Waals surface area contributed by atoms with Crippen molar-refractivity contribution in [1.82, 2.24) is 0 Å². The van der Waals surface area contributed by atoms with Crippen molar-refractivity contribution >= 4 is 5.69 Å². The molecular weight excluding hydrogens is 346 g/mol. The maximum atomic E-state index is 5.85. The Morgan fingerprint density at radius 1 is 0.821 bits per heavy atom. The van der Waals surface area contributed by atoms with Crippen LogP contribution in [0.15, 0.2) is 48.5 Å². The van der Waals surface area contributed by atoms with Crippen molar-refractivity contribution in [1.29, 1.82) is 0 Å². The van der Waals surface area contributed by atoms with E-state index in [9.17, 15) is 0 Å². The lowest BCUT2D eigenvalue weighted by atomic mass is 10.1. The molecule has 3 heteroatoms. The molecule has 2 aromatic rings. The smallest absolute Gasteiger partial charge is 0.119 e. The average Bonchev–Trinajstić information content (AvgIpc) is 2.70. The lowest BCUT2D eigenvalue weighted by molar-refractivity contribution is 0.289. The van der Waals surface area contributed by atoms with Crippen LogP contribution in [-0.4, -0.2) is 13.2 Å². The van der Waals surface area contributed by atoms with Crippen LogP contribution in [0.4, 0.5) is 5.69 Å². The number of hydrogen-bond donors (Lipinski definition) is 1. The minimum Gasteiger partial charge on any atom is -0.494 e. The van der Waals surface area contributed by atoms with Crippen LogP contribution >= 0.6 is 0 Å². The number of nitrogens with one attached hydrogen (secondary N) is 1. The van der Waals surface area contributed by atoms with Gasteiger partial charge in [0, 0.05) is 12.2 Å². The number of anilines is 1. The Morgan fingerprint density at radius 3 is 2.32 bits per heavy atom. The third-order valence-electron chi connectivity index (χ3n) is 4.73. The van der Waals surface area contributed by atoms with Crippen molar-refractivity contribution < 1.29 is 9.47 Å². The Bertz CT molecular complexity index is 652. The Kier molecular flexibility index (Phi) is 10.3. The minimum atomic E-state index is 0.665. The highest BCUT2D eigenvalue weighted by molar-refractivity contribution is 5.47. The second-order valence-electron chi connectivity index (χ2n) is 7.82. The molecule has 0 spiro atoms. The first-order chi connectivity index (χ1) is 13.7. The standard InChI is InChI=1S/C25H37NO2/c1-4-5-6-7-8-17-27-24-14-12-23(13-15-24)26-20-22-10-9-11-25(19-22)28-18-16-21(2)3/h9-15,19,21,26H,4-8,16-18,20H2,1-3H3. The monoisotopic (exact) mass is 383 g/mol. The molecule has 2 rings (SSSR count). The first kappa shape index (κ1) is 22.1. The molecule has 0 saturated heterocycles. The Morgan fingerprint density at radius 2 is 1.57 bits per heavy atom. The summed E-state index contributed by atoms with van der Waals surface area (Å²) in [6, 6.07) is 16.6. The van der Waals surface area contributed by atoms with Gasteiger partial charge in [-0.3, -0.25) is 0 Å². The fourth-order valence-corrected chi connectivity index (χ4v) is 2.93. The third kappa shape index (κ3) is 9.16. The van der Waals surface area contributed by atoms with Gasteiger partial charge in [-0.25, -0.2) is 0 Å². The summed E-state index contributed by atoms with van der Waals surface area (Å²) in [6.45, 7) is 9.03. The molecule has 0 aliphatic heterocycles. The zero-order chi connectivity index (χ0) is 20.0. The van der Waals surface area contributed by atoms with Gasteiger partial charge in [0.1, 0.15) is 11.5 Å². The average molecular weight is 384 g/mol. The molecule has 0 bridgehead atoms. The van der Waals surface area contributed by atoms with E-state index in [1.165, 1.54) is 31.2 Å². The molecule has 0 unspecified atom stereocenters. The molecule has 0 heterocycles. The molecule has 0 aliphatic rings. The zero-order valence-corrected chi connectivity index (χ0v) is 17.9. The van der Waals surface area contributed by atoms with Gasteiger partial charge in [-0.1, -0.05) is 58.6 Å². The summed E-state index contributed by atoms with van der Waals surface area (Å²) in [5.74, 6) is 2.56. The largest absolute Gasteiger partial charge is 0.494 e. The highest BCUT2D eigenvalue weighted by Crippen LogP contribution is 2.19. The number of hydrogen-bond acceptors (Lipinski definition) is 3. The Hall–Kier alpha value is -2.16. The van der Waals surface area contributed by atoms with E-state index in [0.717, 1.165) is 49.8 Å². The summed E-state index contributed by atoms with van der Waals surface area (Å²) < 4.78 is 11.7. The van der Waals surface area contributed by atoms with Crippen molar-refractivity contribution in [3.05, 3.63) is 54.1 Å². The van der Waals surface area contributed by atoms with Crippen LogP contribution in [0.5, 0.6) is 11.5 Å². The quantitative estimate of drug-likeness (QED) is 0.354. The van der Waals surface area contributed by atoms with E-state index in [0.29, 0.717) is 5.92 Å². The van der Waals surface area contributed by atoms with E-state index in [-0.39, 0.29) is 0 Å². The van der Waals surface area contributed by atoms with Gasteiger partial charge in [0.05, 0.1) is 13.2 Å². The lowest BCUT2D eigenvalue weighted by Gasteiger charge is -2.11. The van der Waals surface area contributed by atoms with E-state index >= 15 is 0 Å². The van der Waals surface area contributed by atoms with E-state index in [1.54, 1.807) is 0 Å². The molecule has 2 aromatic carbocycles. The molecule has 1 N–H and O–H groups in total. The summed E-state index contributed by atoms with van der Waals surface area (Å²) >= 11 is 0. The normalized spacial score (nSPS) is 10.9. The molecule has 0 saturated carbocycles. The Labute approximate surface area is 171 Å². The van der Waals surface area contributed by atoms with Gasteiger partial charge < -0.3 is 14.8 Å². The molecule has 0 radical (unpaired) electrons. The van der Waals surface area contributed by atoms with Crippen molar-refractivity contribution in [3.63, 3.8) is 0 Å². The van der Waals surface area contributed by atoms with Crippen LogP contribution in [0.2, 0.25) is 0 Å². The molecule has 3 nitrogen and oxygen atoms in total. The van der Waals surface area contributed by atoms with Gasteiger partial charge in [0.2, 0.25) is 0 Å². The summed E-state index contributed by atoms with van der Waals surface area (Å²) in [4.78, 5) is 0. The number of rotatable bonds is 14. The van der Waals surface area contributed by atoms with Crippen LogP contribution in [0.3, 0.4) is 0 Å². The van der Waals surface area contributed by atoms with Crippen LogP contribution in [-0.2, 0) is 6.54 Å². The molecule has 0 amide bonds. The molecule has 154 valence electrons. The van der Waals surface area contributed by atoms with Crippen molar-refractivity contribution in [2.75, 3.05) is 18.5 Å². The topological polar surface area (TPSA) is 30.5 Å². The maximum absolute atomic E-state index is 5.85. The maximum Gasteiger partial charge on any atom is 0.119 e. The minimum absolute atomic E-state index is 0.665. The van der Waals surface area contributed by atoms with E-state index in [4.69, 9.17) is 9.47 Å². The second kappa shape index (κ2) is 13.1. The van der Waals surface area contributed by atoms with Crippen LogP contribution in [0.1, 0.15) is 64.9 Å². The van der Waals surface area contributed by atoms with Crippen LogP contribution < -0.4 is 14.8 Å². The zero-order valence-electron chi connectivity index (χ0n) is 17.9. The van der Waals surface area contributed by atoms with E-state index in [2.05, 4.69) is 56.4 Å². The summed E-state index contributed by atoms with van der Waals surface area (Å²) in [7, 11) is 0. The van der Waals surface area contributed by atoms with Gasteiger partial charge in [0.15, 0.2) is 0 Å². The fraction of sp³-hybridized carbons (Fsp3) is 0.520. The number of ether oxygens (including phenoxy) is 2. The number of unbranched alkanes of at least 4 members (excludes halogenated alkanes) is 4. The van der Waals surface area contributed by atoms with E-state index in [1.807, 2.05) is 18.2 Å². The van der Waals surface area contributed by atoms with Crippen LogP contribution in [0, 0.1) is 5.92 Å². The Balaban J connectivity index is 1.71. The SMILES string of the molecule is CCCCCCCOc1ccc(NCc2cccc(OCCC(C)C)c2)cc1. The van der Waals surface area contributed by atoms with Crippen molar-refractivity contribution in [2.45, 2.75) is 65.8 Å². The first-order valence-electron chi connectivity index (χ1n) is 10.9. The summed E-state index contributed by atoms with van der Waals surface area (Å²) in [6.07, 6.45) is 7.39. The predicted molar refractivity (Wildman–Crippen MR) is 119 cm³/mol.